The minimum atomic E-state index is -2.81. The Kier molecular flexibility index (Phi) is 10.6. The fourth-order valence-electron chi connectivity index (χ4n) is 10.7. The van der Waals surface area contributed by atoms with Gasteiger partial charge in [-0.1, -0.05) is 0 Å². The van der Waals surface area contributed by atoms with E-state index in [0.717, 1.165) is 52.5 Å². The number of piperidine rings is 2. The summed E-state index contributed by atoms with van der Waals surface area (Å²) in [5, 5.41) is 7.47. The van der Waals surface area contributed by atoms with E-state index < -0.39 is 36.1 Å². The lowest BCUT2D eigenvalue weighted by molar-refractivity contribution is -0.136. The third-order valence-corrected chi connectivity index (χ3v) is 14.2. The first-order valence-electron chi connectivity index (χ1n) is 22.9. The Morgan fingerprint density at radius 2 is 1.68 bits per heavy atom. The second-order valence-electron chi connectivity index (χ2n) is 18.1. The number of nitrogens with one attached hydrogen (secondary N) is 1. The van der Waals surface area contributed by atoms with E-state index in [9.17, 15) is 24.0 Å². The number of imide groups is 2. The summed E-state index contributed by atoms with van der Waals surface area (Å²) in [6.45, 7) is 5.60. The first-order chi connectivity index (χ1) is 32.0. The summed E-state index contributed by atoms with van der Waals surface area (Å²) in [4.78, 5) is 75.3. The zero-order valence-corrected chi connectivity index (χ0v) is 36.5. The van der Waals surface area contributed by atoms with E-state index in [1.54, 1.807) is 49.8 Å². The fourth-order valence-corrected chi connectivity index (χ4v) is 10.7. The molecule has 11 rings (SSSR count). The lowest BCUT2D eigenvalue weighted by Gasteiger charge is -2.34. The van der Waals surface area contributed by atoms with E-state index in [2.05, 4.69) is 24.8 Å². The molecule has 0 spiro atoms. The Hall–Kier alpha value is -6.69. The summed E-state index contributed by atoms with van der Waals surface area (Å²) in [5.74, 6) is -1.04. The van der Waals surface area contributed by atoms with Crippen LogP contribution in [0, 0.1) is 0 Å². The molecule has 5 amide bonds. The number of aryl methyl sites for hydroxylation is 1. The van der Waals surface area contributed by atoms with Gasteiger partial charge in [-0.25, -0.2) is 13.8 Å². The standard InChI is InChI=1S/C48H49F2N9O7/c1-27(60)55-17-10-38-37(25-55)45(53-59(38)29-11-19-65-20-12-29)57-14-2-3-28-21-33(35(44(49)50)23-40(28)57)34-24-42-51-13-18-56(42)26-41(34)66-31-8-15-54(16-9-31)30-4-5-32-36(22-30)48(64)58(47(32)63)39-6-7-43(61)52-46(39)62/h4-5,13,18,21-24,26,29,31,39,44H,2-3,6-12,14-17,19-20,25H2,1H3,(H,52,61,62). The van der Waals surface area contributed by atoms with Crippen molar-refractivity contribution in [3.05, 3.63) is 88.5 Å². The van der Waals surface area contributed by atoms with Crippen molar-refractivity contribution in [1.29, 1.82) is 0 Å². The van der Waals surface area contributed by atoms with Crippen LogP contribution >= 0.6 is 0 Å². The molecule has 3 saturated heterocycles. The molecule has 6 aliphatic rings. The first-order valence-corrected chi connectivity index (χ1v) is 22.9. The van der Waals surface area contributed by atoms with Gasteiger partial charge in [-0.2, -0.15) is 5.10 Å². The molecule has 0 saturated carbocycles. The fraction of sp³-hybridized carbons (Fsp3) is 0.438. The van der Waals surface area contributed by atoms with Crippen molar-refractivity contribution in [2.45, 2.75) is 95.9 Å². The van der Waals surface area contributed by atoms with Gasteiger partial charge in [-0.15, -0.1) is 0 Å². The smallest absolute Gasteiger partial charge is 0.264 e. The number of hydrogen-bond donors (Lipinski definition) is 1. The second-order valence-corrected chi connectivity index (χ2v) is 18.1. The molecule has 342 valence electrons. The number of hydrogen-bond acceptors (Lipinski definition) is 11. The minimum absolute atomic E-state index is 0.00999. The number of anilines is 3. The van der Waals surface area contributed by atoms with Gasteiger partial charge in [0.05, 0.1) is 29.9 Å². The van der Waals surface area contributed by atoms with Crippen LogP contribution in [-0.2, 0) is 38.5 Å². The summed E-state index contributed by atoms with van der Waals surface area (Å²) in [6.07, 6.45) is 7.26. The van der Waals surface area contributed by atoms with E-state index in [1.807, 2.05) is 21.4 Å². The number of nitrogens with zero attached hydrogens (tertiary/aromatic N) is 8. The van der Waals surface area contributed by atoms with Crippen molar-refractivity contribution in [3.8, 4) is 16.9 Å². The summed E-state index contributed by atoms with van der Waals surface area (Å²) in [6, 6.07) is 9.52. The van der Waals surface area contributed by atoms with Crippen LogP contribution in [0.1, 0.15) is 107 Å². The second kappa shape index (κ2) is 16.6. The molecule has 5 aromatic rings. The highest BCUT2D eigenvalue weighted by molar-refractivity contribution is 6.23. The minimum Gasteiger partial charge on any atom is -0.488 e. The molecule has 9 heterocycles. The van der Waals surface area contributed by atoms with E-state index in [0.29, 0.717) is 99.8 Å². The Bertz CT molecular complexity index is 2830. The van der Waals surface area contributed by atoms with E-state index in [4.69, 9.17) is 14.6 Å². The predicted molar refractivity (Wildman–Crippen MR) is 236 cm³/mol. The van der Waals surface area contributed by atoms with Crippen molar-refractivity contribution in [1.82, 2.24) is 34.3 Å². The first kappa shape index (κ1) is 42.0. The van der Waals surface area contributed by atoms with Crippen LogP contribution in [0.5, 0.6) is 5.75 Å². The Balaban J connectivity index is 0.870. The quantitative estimate of drug-likeness (QED) is 0.184. The number of alkyl halides is 2. The van der Waals surface area contributed by atoms with Crippen molar-refractivity contribution in [2.75, 3.05) is 49.2 Å². The molecule has 18 heteroatoms. The molecule has 66 heavy (non-hydrogen) atoms. The average Bonchev–Trinajstić information content (AvgIpc) is 4.02. The van der Waals surface area contributed by atoms with Gasteiger partial charge in [-0.05, 0) is 79.6 Å². The molecule has 6 aliphatic heterocycles. The molecule has 0 radical (unpaired) electrons. The van der Waals surface area contributed by atoms with Gasteiger partial charge in [0.2, 0.25) is 17.7 Å². The number of aromatic nitrogens is 4. The Labute approximate surface area is 378 Å². The topological polar surface area (TPSA) is 164 Å². The number of ether oxygens (including phenoxy) is 2. The highest BCUT2D eigenvalue weighted by atomic mass is 19.3. The maximum atomic E-state index is 15.6. The molecule has 16 nitrogen and oxygen atoms in total. The highest BCUT2D eigenvalue weighted by Crippen LogP contribution is 2.46. The number of amides is 5. The van der Waals surface area contributed by atoms with Gasteiger partial charge in [0.15, 0.2) is 5.82 Å². The van der Waals surface area contributed by atoms with Crippen LogP contribution in [0.25, 0.3) is 16.8 Å². The molecule has 1 unspecified atom stereocenters. The number of carbonyl (C=O) groups is 5. The maximum Gasteiger partial charge on any atom is 0.264 e. The molecular formula is C48H49F2N9O7. The van der Waals surface area contributed by atoms with Gasteiger partial charge < -0.3 is 28.6 Å². The SMILES string of the molecule is CC(=O)N1CCc2c(c(N3CCCc4cc(-c5cc6nccn6cc5OC5CCN(c6ccc7c(c6)C(=O)N(C6CCC(=O)NC6=O)C7=O)CC5)c(C(F)F)cc43)nn2C2CCOCC2)C1. The van der Waals surface area contributed by atoms with Crippen LogP contribution in [0.15, 0.2) is 55.0 Å². The monoisotopic (exact) mass is 901 g/mol. The van der Waals surface area contributed by atoms with E-state index in [-0.39, 0.29) is 47.6 Å². The summed E-state index contributed by atoms with van der Waals surface area (Å²) in [7, 11) is 0. The number of pyridine rings is 1. The molecule has 3 fully saturated rings. The van der Waals surface area contributed by atoms with Crippen molar-refractivity contribution >= 4 is 52.4 Å². The third kappa shape index (κ3) is 7.25. The Morgan fingerprint density at radius 3 is 2.45 bits per heavy atom. The van der Waals surface area contributed by atoms with Gasteiger partial charge in [0.1, 0.15) is 23.5 Å². The van der Waals surface area contributed by atoms with Crippen LogP contribution in [0.3, 0.4) is 0 Å². The lowest BCUT2D eigenvalue weighted by Crippen LogP contribution is -2.54. The maximum absolute atomic E-state index is 15.6. The lowest BCUT2D eigenvalue weighted by atomic mass is 9.91. The van der Waals surface area contributed by atoms with Gasteiger partial charge in [0, 0.05) is 118 Å². The largest absolute Gasteiger partial charge is 0.488 e. The van der Waals surface area contributed by atoms with Crippen molar-refractivity contribution < 1.29 is 42.2 Å². The van der Waals surface area contributed by atoms with Crippen molar-refractivity contribution in [3.63, 3.8) is 0 Å². The number of rotatable bonds is 8. The Morgan fingerprint density at radius 1 is 0.879 bits per heavy atom. The van der Waals surface area contributed by atoms with Gasteiger partial charge >= 0.3 is 0 Å². The molecule has 1 atom stereocenters. The normalized spacial score (nSPS) is 20.6. The van der Waals surface area contributed by atoms with Crippen LogP contribution < -0.4 is 19.9 Å². The summed E-state index contributed by atoms with van der Waals surface area (Å²) in [5.41, 5.74) is 6.23. The molecule has 1 N–H and O–H groups in total. The molecular weight excluding hydrogens is 853 g/mol. The van der Waals surface area contributed by atoms with Crippen LogP contribution in [0.2, 0.25) is 0 Å². The number of imidazole rings is 1. The number of benzene rings is 2. The predicted octanol–water partition coefficient (Wildman–Crippen LogP) is 5.92. The zero-order chi connectivity index (χ0) is 45.4. The summed E-state index contributed by atoms with van der Waals surface area (Å²) < 4.78 is 47.5. The van der Waals surface area contributed by atoms with E-state index >= 15 is 8.78 Å². The number of fused-ring (bicyclic) bond motifs is 4. The number of halogens is 2. The average molecular weight is 902 g/mol. The van der Waals surface area contributed by atoms with Crippen LogP contribution in [0.4, 0.5) is 26.0 Å². The highest BCUT2D eigenvalue weighted by Gasteiger charge is 2.45. The van der Waals surface area contributed by atoms with Crippen LogP contribution in [-0.4, -0.2) is 110 Å². The van der Waals surface area contributed by atoms with E-state index in [1.165, 1.54) is 0 Å². The molecule has 0 aliphatic carbocycles. The van der Waals surface area contributed by atoms with Crippen molar-refractivity contribution in [2.24, 2.45) is 0 Å². The molecule has 0 bridgehead atoms. The zero-order valence-electron chi connectivity index (χ0n) is 36.5. The van der Waals surface area contributed by atoms with Gasteiger partial charge in [-0.3, -0.25) is 38.9 Å². The number of carbonyl (C=O) groups excluding carboxylic acids is 5. The third-order valence-electron chi connectivity index (χ3n) is 14.2. The summed E-state index contributed by atoms with van der Waals surface area (Å²) >= 11 is 0. The van der Waals surface area contributed by atoms with Gasteiger partial charge in [0.25, 0.3) is 18.2 Å². The molecule has 2 aromatic carbocycles. The molecule has 3 aromatic heterocycles.